The lowest BCUT2D eigenvalue weighted by atomic mass is 9.96. The van der Waals surface area contributed by atoms with Crippen LogP contribution in [0.3, 0.4) is 0 Å². The van der Waals surface area contributed by atoms with E-state index in [4.69, 9.17) is 9.72 Å². The molecule has 0 radical (unpaired) electrons. The second-order valence-electron chi connectivity index (χ2n) is 11.2. The van der Waals surface area contributed by atoms with Crippen LogP contribution in [0.5, 0.6) is 0 Å². The molecule has 4 heterocycles. The van der Waals surface area contributed by atoms with Crippen molar-refractivity contribution in [3.63, 3.8) is 0 Å². The smallest absolute Gasteiger partial charge is 0.260 e. The van der Waals surface area contributed by atoms with Gasteiger partial charge in [0.2, 0.25) is 0 Å². The van der Waals surface area contributed by atoms with Crippen molar-refractivity contribution in [2.24, 2.45) is 7.05 Å². The standard InChI is InChI=1S/C32H31N7O2/c1-20(38-9-11-41-12-10-38)23-6-7-24-18-39(32(40)27(24)14-23)30-16-25(15-29(35-30)22-4-5-22)26-8-3-21(17-33)13-28(26)31-36-34-19-37(31)2/h3,6-8,13-16,19-20,22H,4-5,9-12,18H2,1-2H3/t20-/m1/s1. The summed E-state index contributed by atoms with van der Waals surface area (Å²) in [5, 5.41) is 18.0. The molecule has 1 amide bonds. The highest BCUT2D eigenvalue weighted by Gasteiger charge is 2.33. The number of aryl methyl sites for hydroxylation is 1. The fourth-order valence-corrected chi connectivity index (χ4v) is 5.94. The molecule has 4 aromatic rings. The first kappa shape index (κ1) is 25.6. The molecule has 1 saturated carbocycles. The number of carbonyl (C=O) groups excluding carboxylic acids is 1. The minimum atomic E-state index is -0.0178. The maximum atomic E-state index is 13.9. The molecule has 9 heteroatoms. The Morgan fingerprint density at radius 3 is 2.59 bits per heavy atom. The van der Waals surface area contributed by atoms with Gasteiger partial charge in [0.05, 0.1) is 31.4 Å². The van der Waals surface area contributed by atoms with Crippen LogP contribution in [-0.4, -0.2) is 56.9 Å². The van der Waals surface area contributed by atoms with Gasteiger partial charge in [-0.25, -0.2) is 4.98 Å². The van der Waals surface area contributed by atoms with Gasteiger partial charge in [0.1, 0.15) is 12.1 Å². The number of ether oxygens (including phenoxy) is 1. The van der Waals surface area contributed by atoms with E-state index in [-0.39, 0.29) is 11.9 Å². The fraction of sp³-hybridized carbons (Fsp3) is 0.344. The summed E-state index contributed by atoms with van der Waals surface area (Å²) in [6, 6.07) is 18.5. The van der Waals surface area contributed by atoms with Crippen LogP contribution in [0.25, 0.3) is 22.5 Å². The summed E-state index contributed by atoms with van der Waals surface area (Å²) in [6.07, 6.45) is 3.84. The molecular formula is C32H31N7O2. The summed E-state index contributed by atoms with van der Waals surface area (Å²) in [5.41, 5.74) is 7.16. The largest absolute Gasteiger partial charge is 0.379 e. The first-order valence-corrected chi connectivity index (χ1v) is 14.2. The summed E-state index contributed by atoms with van der Waals surface area (Å²) in [4.78, 5) is 23.1. The van der Waals surface area contributed by atoms with Crippen molar-refractivity contribution in [2.75, 3.05) is 31.2 Å². The monoisotopic (exact) mass is 545 g/mol. The van der Waals surface area contributed by atoms with Crippen LogP contribution in [-0.2, 0) is 18.3 Å². The summed E-state index contributed by atoms with van der Waals surface area (Å²) >= 11 is 0. The molecule has 9 nitrogen and oxygen atoms in total. The van der Waals surface area contributed by atoms with Gasteiger partial charge in [-0.15, -0.1) is 10.2 Å². The first-order valence-electron chi connectivity index (χ1n) is 14.2. The lowest BCUT2D eigenvalue weighted by Gasteiger charge is -2.32. The zero-order valence-corrected chi connectivity index (χ0v) is 23.2. The molecule has 1 saturated heterocycles. The minimum Gasteiger partial charge on any atom is -0.379 e. The average molecular weight is 546 g/mol. The van der Waals surface area contributed by atoms with Gasteiger partial charge in [0.15, 0.2) is 5.82 Å². The minimum absolute atomic E-state index is 0.0178. The summed E-state index contributed by atoms with van der Waals surface area (Å²) < 4.78 is 7.37. The lowest BCUT2D eigenvalue weighted by Crippen LogP contribution is -2.38. The number of hydrogen-bond acceptors (Lipinski definition) is 7. The van der Waals surface area contributed by atoms with Crippen molar-refractivity contribution in [3.05, 3.63) is 82.8 Å². The number of fused-ring (bicyclic) bond motifs is 1. The van der Waals surface area contributed by atoms with E-state index in [2.05, 4.69) is 52.4 Å². The van der Waals surface area contributed by atoms with Gasteiger partial charge >= 0.3 is 0 Å². The molecule has 0 N–H and O–H groups in total. The maximum absolute atomic E-state index is 13.9. The van der Waals surface area contributed by atoms with Crippen molar-refractivity contribution in [1.29, 1.82) is 5.26 Å². The molecule has 7 rings (SSSR count). The Labute approximate surface area is 239 Å². The molecule has 206 valence electrons. The topological polar surface area (TPSA) is 100 Å². The number of benzene rings is 2. The van der Waals surface area contributed by atoms with Crippen LogP contribution >= 0.6 is 0 Å². The molecule has 41 heavy (non-hydrogen) atoms. The third kappa shape index (κ3) is 4.69. The third-order valence-electron chi connectivity index (χ3n) is 8.53. The van der Waals surface area contributed by atoms with Crippen LogP contribution in [0.1, 0.15) is 64.5 Å². The van der Waals surface area contributed by atoms with E-state index < -0.39 is 0 Å². The SMILES string of the molecule is C[C@H](c1ccc2c(c1)C(=O)N(c1cc(-c3ccc(C#N)cc3-c3nncn3C)cc(C3CC3)n1)C2)N1CCOCC1. The highest BCUT2D eigenvalue weighted by molar-refractivity contribution is 6.10. The second kappa shape index (κ2) is 10.2. The van der Waals surface area contributed by atoms with Crippen molar-refractivity contribution in [3.8, 4) is 28.6 Å². The van der Waals surface area contributed by atoms with E-state index in [1.165, 1.54) is 0 Å². The Hall–Kier alpha value is -4.39. The predicted molar refractivity (Wildman–Crippen MR) is 154 cm³/mol. The van der Waals surface area contributed by atoms with Gasteiger partial charge in [0.25, 0.3) is 5.91 Å². The van der Waals surface area contributed by atoms with Gasteiger partial charge in [-0.2, -0.15) is 5.26 Å². The molecule has 3 aliphatic rings. The van der Waals surface area contributed by atoms with E-state index in [9.17, 15) is 10.1 Å². The number of aromatic nitrogens is 4. The summed E-state index contributed by atoms with van der Waals surface area (Å²) in [6.45, 7) is 5.96. The van der Waals surface area contributed by atoms with Gasteiger partial charge in [0, 0.05) is 48.9 Å². The normalized spacial score (nSPS) is 17.9. The van der Waals surface area contributed by atoms with Crippen LogP contribution in [0.4, 0.5) is 5.82 Å². The Morgan fingerprint density at radius 2 is 1.85 bits per heavy atom. The summed E-state index contributed by atoms with van der Waals surface area (Å²) in [7, 11) is 1.89. The van der Waals surface area contributed by atoms with Crippen LogP contribution in [0.15, 0.2) is 54.9 Å². The molecule has 1 aliphatic carbocycles. The molecule has 0 unspecified atom stereocenters. The molecule has 0 spiro atoms. The Balaban J connectivity index is 1.26. The van der Waals surface area contributed by atoms with Gasteiger partial charge in [-0.05, 0) is 72.4 Å². The fourth-order valence-electron chi connectivity index (χ4n) is 5.94. The zero-order valence-electron chi connectivity index (χ0n) is 23.2. The molecular weight excluding hydrogens is 514 g/mol. The Morgan fingerprint density at radius 1 is 1.02 bits per heavy atom. The maximum Gasteiger partial charge on any atom is 0.260 e. The highest BCUT2D eigenvalue weighted by Crippen LogP contribution is 2.43. The zero-order chi connectivity index (χ0) is 28.1. The number of carbonyl (C=O) groups is 1. The third-order valence-corrected chi connectivity index (χ3v) is 8.53. The van der Waals surface area contributed by atoms with Crippen molar-refractivity contribution < 1.29 is 9.53 Å². The quantitative estimate of drug-likeness (QED) is 0.342. The van der Waals surface area contributed by atoms with Crippen LogP contribution in [0.2, 0.25) is 0 Å². The van der Waals surface area contributed by atoms with Crippen molar-refractivity contribution >= 4 is 11.7 Å². The number of anilines is 1. The molecule has 2 aromatic carbocycles. The number of nitriles is 1. The van der Waals surface area contributed by atoms with E-state index >= 15 is 0 Å². The molecule has 0 bridgehead atoms. The molecule has 2 aliphatic heterocycles. The number of amides is 1. The number of nitrogens with zero attached hydrogens (tertiary/aromatic N) is 7. The van der Waals surface area contributed by atoms with Crippen LogP contribution in [0, 0.1) is 11.3 Å². The predicted octanol–water partition coefficient (Wildman–Crippen LogP) is 4.85. The van der Waals surface area contributed by atoms with Gasteiger partial charge in [-0.1, -0.05) is 18.2 Å². The van der Waals surface area contributed by atoms with Crippen molar-refractivity contribution in [1.82, 2.24) is 24.6 Å². The molecule has 1 atom stereocenters. The highest BCUT2D eigenvalue weighted by atomic mass is 16.5. The van der Waals surface area contributed by atoms with Gasteiger partial charge < -0.3 is 9.30 Å². The van der Waals surface area contributed by atoms with Gasteiger partial charge in [-0.3, -0.25) is 14.6 Å². The number of rotatable bonds is 6. The first-order chi connectivity index (χ1) is 20.0. The van der Waals surface area contributed by atoms with E-state index in [1.54, 1.807) is 11.2 Å². The van der Waals surface area contributed by atoms with E-state index in [1.807, 2.05) is 35.9 Å². The summed E-state index contributed by atoms with van der Waals surface area (Å²) in [5.74, 6) is 1.71. The van der Waals surface area contributed by atoms with E-state index in [0.29, 0.717) is 29.7 Å². The number of morpholine rings is 1. The molecule has 2 aromatic heterocycles. The van der Waals surface area contributed by atoms with Crippen molar-refractivity contribution in [2.45, 2.75) is 38.3 Å². The Kier molecular flexibility index (Phi) is 6.37. The molecule has 2 fully saturated rings. The number of hydrogen-bond donors (Lipinski definition) is 0. The number of pyridine rings is 1. The Bertz CT molecular complexity index is 1690. The second-order valence-corrected chi connectivity index (χ2v) is 11.2. The van der Waals surface area contributed by atoms with Crippen LogP contribution < -0.4 is 4.90 Å². The average Bonchev–Trinajstić information content (AvgIpc) is 3.70. The lowest BCUT2D eigenvalue weighted by molar-refractivity contribution is 0.0198. The van der Waals surface area contributed by atoms with E-state index in [0.717, 1.165) is 78.2 Å².